The number of alkyl halides is 3. The molecule has 3 aromatic rings. The standard InChI is InChI=1S/C28H32F3N3O5S3/c1-17(28(29,30)31)34-42(38,39)24-11-10-22(20-8-4-5-9-21(20)24)25-23(16-18-6-2-3-7-18)33-27(40-25)26(35)32-19-12-14-41(36,37)15-13-19/h4-5,8-11,17-19,34H,2-3,6-7,12-16H2,1H3,(H,32,35)/t17-/m0/s1. The average molecular weight is 644 g/mol. The Balaban J connectivity index is 1.52. The van der Waals surface area contributed by atoms with Crippen LogP contribution >= 0.6 is 11.3 Å². The van der Waals surface area contributed by atoms with Crippen molar-refractivity contribution in [3.63, 3.8) is 0 Å². The van der Waals surface area contributed by atoms with E-state index in [-0.39, 0.29) is 32.8 Å². The smallest absolute Gasteiger partial charge is 0.347 e. The Morgan fingerprint density at radius 2 is 1.69 bits per heavy atom. The summed E-state index contributed by atoms with van der Waals surface area (Å²) in [5.74, 6) is 0.0406. The lowest BCUT2D eigenvalue weighted by Gasteiger charge is -2.22. The van der Waals surface area contributed by atoms with Gasteiger partial charge in [-0.15, -0.1) is 11.3 Å². The molecule has 1 aromatic heterocycles. The second kappa shape index (κ2) is 11.9. The molecule has 8 nitrogen and oxygen atoms in total. The number of aromatic nitrogens is 1. The van der Waals surface area contributed by atoms with Crippen molar-refractivity contribution in [3.8, 4) is 10.4 Å². The van der Waals surface area contributed by atoms with E-state index < -0.39 is 38.0 Å². The lowest BCUT2D eigenvalue weighted by atomic mass is 9.97. The zero-order valence-electron chi connectivity index (χ0n) is 22.9. The fourth-order valence-electron chi connectivity index (χ4n) is 5.63. The molecule has 2 N–H and O–H groups in total. The molecule has 14 heteroatoms. The van der Waals surface area contributed by atoms with Crippen molar-refractivity contribution in [1.29, 1.82) is 0 Å². The Bertz CT molecular complexity index is 1680. The van der Waals surface area contributed by atoms with Gasteiger partial charge in [0.1, 0.15) is 15.9 Å². The molecule has 1 saturated carbocycles. The number of halogens is 3. The molecule has 0 spiro atoms. The minimum Gasteiger partial charge on any atom is -0.347 e. The summed E-state index contributed by atoms with van der Waals surface area (Å²) in [6.45, 7) is 0.750. The molecule has 2 fully saturated rings. The van der Waals surface area contributed by atoms with Crippen LogP contribution < -0.4 is 10.0 Å². The highest BCUT2D eigenvalue weighted by Crippen LogP contribution is 2.40. The highest BCUT2D eigenvalue weighted by molar-refractivity contribution is 7.91. The average Bonchev–Trinajstić information content (AvgIpc) is 3.59. The summed E-state index contributed by atoms with van der Waals surface area (Å²) >= 11 is 1.18. The van der Waals surface area contributed by atoms with Crippen LogP contribution in [0.3, 0.4) is 0 Å². The number of hydrogen-bond acceptors (Lipinski definition) is 7. The minimum atomic E-state index is -4.75. The van der Waals surface area contributed by atoms with Gasteiger partial charge in [-0.3, -0.25) is 4.79 Å². The maximum atomic E-state index is 13.2. The number of carbonyl (C=O) groups excluding carboxylic acids is 1. The molecule has 42 heavy (non-hydrogen) atoms. The van der Waals surface area contributed by atoms with Crippen molar-refractivity contribution in [2.24, 2.45) is 5.92 Å². The fraction of sp³-hybridized carbons (Fsp3) is 0.500. The van der Waals surface area contributed by atoms with Crippen LogP contribution in [0.4, 0.5) is 13.2 Å². The van der Waals surface area contributed by atoms with Gasteiger partial charge in [0.2, 0.25) is 10.0 Å². The van der Waals surface area contributed by atoms with Crippen LogP contribution in [0, 0.1) is 5.92 Å². The van der Waals surface area contributed by atoms with Crippen LogP contribution in [0.2, 0.25) is 0 Å². The second-order valence-corrected chi connectivity index (χ2v) is 16.1. The highest BCUT2D eigenvalue weighted by atomic mass is 32.2. The predicted octanol–water partition coefficient (Wildman–Crippen LogP) is 5.23. The molecule has 1 saturated heterocycles. The first-order chi connectivity index (χ1) is 19.7. The summed E-state index contributed by atoms with van der Waals surface area (Å²) in [5, 5.41) is 3.92. The lowest BCUT2D eigenvalue weighted by Crippen LogP contribution is -2.43. The molecule has 2 aromatic carbocycles. The predicted molar refractivity (Wildman–Crippen MR) is 156 cm³/mol. The lowest BCUT2D eigenvalue weighted by molar-refractivity contribution is -0.147. The number of amides is 1. The van der Waals surface area contributed by atoms with Crippen LogP contribution in [0.1, 0.15) is 60.9 Å². The van der Waals surface area contributed by atoms with Crippen molar-refractivity contribution >= 4 is 47.9 Å². The molecule has 1 aliphatic carbocycles. The van der Waals surface area contributed by atoms with Crippen molar-refractivity contribution in [3.05, 3.63) is 47.1 Å². The first-order valence-corrected chi connectivity index (χ1v) is 18.0. The van der Waals surface area contributed by atoms with Gasteiger partial charge in [0.05, 0.1) is 27.0 Å². The van der Waals surface area contributed by atoms with Gasteiger partial charge in [0.15, 0.2) is 5.01 Å². The molecule has 228 valence electrons. The fourth-order valence-corrected chi connectivity index (χ4v) is 9.60. The van der Waals surface area contributed by atoms with E-state index in [9.17, 15) is 34.8 Å². The van der Waals surface area contributed by atoms with Gasteiger partial charge in [0, 0.05) is 17.0 Å². The minimum absolute atomic E-state index is 0.0197. The Hall–Kier alpha value is -2.55. The van der Waals surface area contributed by atoms with Gasteiger partial charge in [0.25, 0.3) is 5.91 Å². The SMILES string of the molecule is C[C@H](NS(=O)(=O)c1ccc(-c2sc(C(=O)NC3CCS(=O)(=O)CC3)nc2CC2CCCC2)c2ccccc12)C(F)(F)F. The highest BCUT2D eigenvalue weighted by Gasteiger charge is 2.39. The van der Waals surface area contributed by atoms with Crippen molar-refractivity contribution in [2.75, 3.05) is 11.5 Å². The Kier molecular flexibility index (Phi) is 8.72. The van der Waals surface area contributed by atoms with Crippen LogP contribution in [0.15, 0.2) is 41.3 Å². The number of rotatable bonds is 8. The number of sulfone groups is 1. The van der Waals surface area contributed by atoms with Crippen LogP contribution in [-0.4, -0.2) is 57.5 Å². The number of fused-ring (bicyclic) bond motifs is 1. The van der Waals surface area contributed by atoms with Crippen molar-refractivity contribution in [2.45, 2.75) is 75.0 Å². The molecule has 2 aliphatic rings. The van der Waals surface area contributed by atoms with E-state index >= 15 is 0 Å². The normalized spacial score (nSPS) is 19.2. The van der Waals surface area contributed by atoms with Crippen LogP contribution in [-0.2, 0) is 26.3 Å². The molecule has 0 unspecified atom stereocenters. The summed E-state index contributed by atoms with van der Waals surface area (Å²) in [6.07, 6.45) is 0.864. The topological polar surface area (TPSA) is 122 Å². The maximum Gasteiger partial charge on any atom is 0.404 e. The summed E-state index contributed by atoms with van der Waals surface area (Å²) in [7, 11) is -7.60. The number of carbonyl (C=O) groups is 1. The Morgan fingerprint density at radius 1 is 1.05 bits per heavy atom. The first kappa shape index (κ1) is 30.9. The summed E-state index contributed by atoms with van der Waals surface area (Å²) in [4.78, 5) is 18.4. The summed E-state index contributed by atoms with van der Waals surface area (Å²) in [5.41, 5.74) is 1.36. The number of nitrogens with zero attached hydrogens (tertiary/aromatic N) is 1. The molecule has 0 bridgehead atoms. The zero-order chi connectivity index (χ0) is 30.3. The summed E-state index contributed by atoms with van der Waals surface area (Å²) < 4.78 is 90.9. The van der Waals surface area contributed by atoms with E-state index in [4.69, 9.17) is 4.98 Å². The van der Waals surface area contributed by atoms with Gasteiger partial charge < -0.3 is 5.32 Å². The van der Waals surface area contributed by atoms with Gasteiger partial charge in [-0.2, -0.15) is 17.9 Å². The Morgan fingerprint density at radius 3 is 2.33 bits per heavy atom. The first-order valence-electron chi connectivity index (χ1n) is 13.9. The largest absolute Gasteiger partial charge is 0.404 e. The number of sulfonamides is 1. The van der Waals surface area contributed by atoms with E-state index in [1.54, 1.807) is 35.1 Å². The molecule has 1 aliphatic heterocycles. The molecule has 1 atom stereocenters. The van der Waals surface area contributed by atoms with E-state index in [1.807, 2.05) is 0 Å². The van der Waals surface area contributed by atoms with E-state index in [2.05, 4.69) is 5.32 Å². The molecule has 0 radical (unpaired) electrons. The molecular formula is C28H32F3N3O5S3. The van der Waals surface area contributed by atoms with Crippen molar-refractivity contribution < 1.29 is 34.8 Å². The third-order valence-electron chi connectivity index (χ3n) is 7.98. The molecule has 5 rings (SSSR count). The number of thiazole rings is 1. The van der Waals surface area contributed by atoms with Gasteiger partial charge in [-0.25, -0.2) is 21.8 Å². The van der Waals surface area contributed by atoms with E-state index in [0.29, 0.717) is 46.7 Å². The molecule has 1 amide bonds. The van der Waals surface area contributed by atoms with Gasteiger partial charge >= 0.3 is 6.18 Å². The number of benzene rings is 2. The third-order valence-corrected chi connectivity index (χ3v) is 12.4. The maximum absolute atomic E-state index is 13.2. The second-order valence-electron chi connectivity index (χ2n) is 11.1. The van der Waals surface area contributed by atoms with E-state index in [0.717, 1.165) is 32.6 Å². The monoisotopic (exact) mass is 643 g/mol. The van der Waals surface area contributed by atoms with Gasteiger partial charge in [-0.05, 0) is 43.6 Å². The Labute approximate surface area is 247 Å². The van der Waals surface area contributed by atoms with E-state index in [1.165, 1.54) is 17.4 Å². The zero-order valence-corrected chi connectivity index (χ0v) is 25.4. The number of hydrogen-bond donors (Lipinski definition) is 2. The number of nitrogens with one attached hydrogen (secondary N) is 2. The molecular weight excluding hydrogens is 612 g/mol. The summed E-state index contributed by atoms with van der Waals surface area (Å²) in [6, 6.07) is 6.91. The van der Waals surface area contributed by atoms with Crippen LogP contribution in [0.25, 0.3) is 21.2 Å². The van der Waals surface area contributed by atoms with Gasteiger partial charge in [-0.1, -0.05) is 56.0 Å². The quantitative estimate of drug-likeness (QED) is 0.347. The van der Waals surface area contributed by atoms with Crippen LogP contribution in [0.5, 0.6) is 0 Å². The van der Waals surface area contributed by atoms with Crippen molar-refractivity contribution in [1.82, 2.24) is 15.0 Å². The third kappa shape index (κ3) is 6.81. The molecule has 2 heterocycles.